The van der Waals surface area contributed by atoms with Gasteiger partial charge in [0.15, 0.2) is 0 Å². The van der Waals surface area contributed by atoms with Crippen LogP contribution in [0.4, 0.5) is 0 Å². The van der Waals surface area contributed by atoms with Crippen molar-refractivity contribution in [2.24, 2.45) is 0 Å². The van der Waals surface area contributed by atoms with Crippen molar-refractivity contribution < 1.29 is 9.15 Å². The molecule has 0 N–H and O–H groups in total. The summed E-state index contributed by atoms with van der Waals surface area (Å²) in [5.74, 6) is 1.51. The van der Waals surface area contributed by atoms with Gasteiger partial charge >= 0.3 is 0 Å². The molecule has 19 heavy (non-hydrogen) atoms. The fraction of sp³-hybridized carbons (Fsp3) is 0.538. The molecule has 2 aromatic rings. The number of furan rings is 1. The normalized spacial score (nSPS) is 20.6. The van der Waals surface area contributed by atoms with Crippen molar-refractivity contribution in [2.75, 3.05) is 20.2 Å². The molecule has 1 aliphatic rings. The Hall–Kier alpha value is -1.82. The first-order chi connectivity index (χ1) is 9.35. The lowest BCUT2D eigenvalue weighted by Crippen LogP contribution is -2.36. The summed E-state index contributed by atoms with van der Waals surface area (Å²) in [5.41, 5.74) is 0. The van der Waals surface area contributed by atoms with Gasteiger partial charge in [0, 0.05) is 12.6 Å². The maximum atomic E-state index is 5.56. The highest BCUT2D eigenvalue weighted by atomic mass is 16.6. The number of hydrogen-bond acceptors (Lipinski definition) is 5. The Kier molecular flexibility index (Phi) is 3.50. The molecule has 0 bridgehead atoms. The van der Waals surface area contributed by atoms with E-state index in [0.717, 1.165) is 31.8 Å². The first kappa shape index (κ1) is 12.2. The Labute approximate surface area is 112 Å². The van der Waals surface area contributed by atoms with E-state index in [0.29, 0.717) is 12.0 Å². The molecule has 0 saturated carbocycles. The summed E-state index contributed by atoms with van der Waals surface area (Å²) in [6, 6.07) is 4.24. The number of likely N-dealkylation sites (tertiary alicyclic amines) is 1. The number of methoxy groups -OCH3 is 1. The third-order valence-corrected chi connectivity index (χ3v) is 3.51. The van der Waals surface area contributed by atoms with Gasteiger partial charge in [-0.15, -0.1) is 0 Å². The van der Waals surface area contributed by atoms with Crippen molar-refractivity contribution >= 4 is 0 Å². The fourth-order valence-corrected chi connectivity index (χ4v) is 2.57. The zero-order valence-corrected chi connectivity index (χ0v) is 11.0. The van der Waals surface area contributed by atoms with E-state index in [4.69, 9.17) is 9.15 Å². The maximum absolute atomic E-state index is 5.56. The molecule has 1 saturated heterocycles. The van der Waals surface area contributed by atoms with Gasteiger partial charge in [-0.3, -0.25) is 4.90 Å². The van der Waals surface area contributed by atoms with Crippen LogP contribution >= 0.6 is 0 Å². The van der Waals surface area contributed by atoms with Crippen molar-refractivity contribution in [2.45, 2.75) is 25.4 Å². The molecule has 6 nitrogen and oxygen atoms in total. The lowest BCUT2D eigenvalue weighted by molar-refractivity contribution is 0.150. The summed E-state index contributed by atoms with van der Waals surface area (Å²) in [6.07, 6.45) is 5.71. The van der Waals surface area contributed by atoms with Crippen LogP contribution in [-0.4, -0.2) is 39.9 Å². The van der Waals surface area contributed by atoms with Gasteiger partial charge in [-0.25, -0.2) is 9.67 Å². The number of rotatable bonds is 4. The Morgan fingerprint density at radius 3 is 3.16 bits per heavy atom. The summed E-state index contributed by atoms with van der Waals surface area (Å²) in [6.45, 7) is 2.88. The minimum atomic E-state index is 0.410. The molecule has 102 valence electrons. The van der Waals surface area contributed by atoms with E-state index in [2.05, 4.69) is 15.0 Å². The zero-order valence-electron chi connectivity index (χ0n) is 11.0. The summed E-state index contributed by atoms with van der Waals surface area (Å²) in [7, 11) is 1.62. The summed E-state index contributed by atoms with van der Waals surface area (Å²) in [4.78, 5) is 6.40. The molecule has 3 heterocycles. The van der Waals surface area contributed by atoms with E-state index >= 15 is 0 Å². The molecule has 3 rings (SSSR count). The fourth-order valence-electron chi connectivity index (χ4n) is 2.57. The highest BCUT2D eigenvalue weighted by Gasteiger charge is 2.22. The quantitative estimate of drug-likeness (QED) is 0.839. The molecule has 0 aliphatic carbocycles. The molecule has 0 radical (unpaired) electrons. The number of nitrogens with zero attached hydrogens (tertiary/aromatic N) is 4. The topological polar surface area (TPSA) is 56.3 Å². The number of ether oxygens (including phenoxy) is 1. The molecule has 6 heteroatoms. The lowest BCUT2D eigenvalue weighted by Gasteiger charge is -2.31. The van der Waals surface area contributed by atoms with Crippen LogP contribution in [0.2, 0.25) is 0 Å². The molecule has 0 spiro atoms. The van der Waals surface area contributed by atoms with Crippen molar-refractivity contribution in [3.05, 3.63) is 30.5 Å². The highest BCUT2D eigenvalue weighted by Crippen LogP contribution is 2.23. The average molecular weight is 262 g/mol. The third-order valence-electron chi connectivity index (χ3n) is 3.51. The standard InChI is InChI=1S/C13H18N4O2/c1-18-13-5-4-12(19-13)8-16-6-2-3-11(7-16)17-10-14-9-15-17/h4-5,9-11H,2-3,6-8H2,1H3. The zero-order chi connectivity index (χ0) is 13.1. The van der Waals surface area contributed by atoms with Crippen LogP contribution in [0.25, 0.3) is 0 Å². The van der Waals surface area contributed by atoms with Gasteiger partial charge in [-0.05, 0) is 25.5 Å². The van der Waals surface area contributed by atoms with Gasteiger partial charge in [0.25, 0.3) is 5.95 Å². The SMILES string of the molecule is COc1ccc(CN2CCCC(n3cncn3)C2)o1. The molecule has 1 fully saturated rings. The molecule has 1 atom stereocenters. The van der Waals surface area contributed by atoms with Crippen molar-refractivity contribution in [3.8, 4) is 5.95 Å². The average Bonchev–Trinajstić information content (AvgIpc) is 3.10. The van der Waals surface area contributed by atoms with Crippen LogP contribution in [0, 0.1) is 0 Å². The van der Waals surface area contributed by atoms with Gasteiger partial charge in [-0.2, -0.15) is 5.10 Å². The highest BCUT2D eigenvalue weighted by molar-refractivity contribution is 5.11. The van der Waals surface area contributed by atoms with Crippen molar-refractivity contribution in [1.29, 1.82) is 0 Å². The van der Waals surface area contributed by atoms with E-state index in [1.807, 2.05) is 16.8 Å². The smallest absolute Gasteiger partial charge is 0.284 e. The third kappa shape index (κ3) is 2.78. The summed E-state index contributed by atoms with van der Waals surface area (Å²) < 4.78 is 12.6. The Bertz CT molecular complexity index is 508. The predicted molar refractivity (Wildman–Crippen MR) is 68.8 cm³/mol. The van der Waals surface area contributed by atoms with Crippen LogP contribution in [0.5, 0.6) is 5.95 Å². The van der Waals surface area contributed by atoms with Gasteiger partial charge in [0.2, 0.25) is 0 Å². The summed E-state index contributed by atoms with van der Waals surface area (Å²) >= 11 is 0. The van der Waals surface area contributed by atoms with Gasteiger partial charge in [0.1, 0.15) is 18.4 Å². The largest absolute Gasteiger partial charge is 0.468 e. The number of aromatic nitrogens is 3. The molecule has 1 unspecified atom stereocenters. The number of hydrogen-bond donors (Lipinski definition) is 0. The molecule has 1 aliphatic heterocycles. The van der Waals surface area contributed by atoms with E-state index < -0.39 is 0 Å². The van der Waals surface area contributed by atoms with Crippen molar-refractivity contribution in [1.82, 2.24) is 19.7 Å². The maximum Gasteiger partial charge on any atom is 0.284 e. The Morgan fingerprint density at radius 1 is 1.47 bits per heavy atom. The lowest BCUT2D eigenvalue weighted by atomic mass is 10.1. The Balaban J connectivity index is 1.62. The second-order valence-electron chi connectivity index (χ2n) is 4.83. The van der Waals surface area contributed by atoms with Crippen LogP contribution in [0.1, 0.15) is 24.6 Å². The minimum Gasteiger partial charge on any atom is -0.468 e. The van der Waals surface area contributed by atoms with E-state index in [1.54, 1.807) is 19.8 Å². The van der Waals surface area contributed by atoms with Crippen molar-refractivity contribution in [3.63, 3.8) is 0 Å². The van der Waals surface area contributed by atoms with Crippen LogP contribution in [0.15, 0.2) is 29.2 Å². The first-order valence-electron chi connectivity index (χ1n) is 6.54. The van der Waals surface area contributed by atoms with Crippen LogP contribution < -0.4 is 4.74 Å². The molecule has 0 aromatic carbocycles. The minimum absolute atomic E-state index is 0.410. The van der Waals surface area contributed by atoms with Gasteiger partial charge < -0.3 is 9.15 Å². The predicted octanol–water partition coefficient (Wildman–Crippen LogP) is 1.72. The van der Waals surface area contributed by atoms with Crippen LogP contribution in [-0.2, 0) is 6.54 Å². The van der Waals surface area contributed by atoms with E-state index in [9.17, 15) is 0 Å². The second-order valence-corrected chi connectivity index (χ2v) is 4.83. The van der Waals surface area contributed by atoms with Gasteiger partial charge in [0.05, 0.1) is 19.7 Å². The first-order valence-corrected chi connectivity index (χ1v) is 6.54. The number of piperidine rings is 1. The van der Waals surface area contributed by atoms with E-state index in [-0.39, 0.29) is 0 Å². The summed E-state index contributed by atoms with van der Waals surface area (Å²) in [5, 5.41) is 4.23. The van der Waals surface area contributed by atoms with Gasteiger partial charge in [-0.1, -0.05) is 0 Å². The van der Waals surface area contributed by atoms with E-state index in [1.165, 1.54) is 6.42 Å². The molecule has 0 amide bonds. The molecular formula is C13H18N4O2. The monoisotopic (exact) mass is 262 g/mol. The molecular weight excluding hydrogens is 244 g/mol. The second kappa shape index (κ2) is 5.44. The van der Waals surface area contributed by atoms with Crippen LogP contribution in [0.3, 0.4) is 0 Å². The molecule has 2 aromatic heterocycles. The Morgan fingerprint density at radius 2 is 2.42 bits per heavy atom.